The van der Waals surface area contributed by atoms with E-state index in [9.17, 15) is 4.79 Å². The van der Waals surface area contributed by atoms with Gasteiger partial charge in [0.1, 0.15) is 6.10 Å². The number of pyridine rings is 1. The Morgan fingerprint density at radius 3 is 2.96 bits per heavy atom. The summed E-state index contributed by atoms with van der Waals surface area (Å²) in [5.41, 5.74) is 4.76. The van der Waals surface area contributed by atoms with Crippen molar-refractivity contribution in [1.29, 1.82) is 0 Å². The van der Waals surface area contributed by atoms with Crippen LogP contribution in [0.25, 0.3) is 11.1 Å². The molecular weight excluding hydrogens is 292 g/mol. The highest BCUT2D eigenvalue weighted by Crippen LogP contribution is 2.34. The van der Waals surface area contributed by atoms with Crippen molar-refractivity contribution in [3.05, 3.63) is 53.9 Å². The summed E-state index contributed by atoms with van der Waals surface area (Å²) >= 11 is 0. The van der Waals surface area contributed by atoms with Gasteiger partial charge in [0.25, 0.3) is 0 Å². The molecule has 0 fully saturated rings. The molecule has 1 aliphatic heterocycles. The Kier molecular flexibility index (Phi) is 4.88. The molecule has 1 unspecified atom stereocenters. The molecule has 1 aromatic heterocycles. The second kappa shape index (κ2) is 7.24. The molecule has 0 spiro atoms. The highest BCUT2D eigenvalue weighted by Gasteiger charge is 2.23. The lowest BCUT2D eigenvalue weighted by atomic mass is 9.90. The highest BCUT2D eigenvalue weighted by molar-refractivity contribution is 5.69. The number of nitrogens with one attached hydrogen (secondary N) is 1. The number of benzene rings is 1. The molecule has 5 nitrogen and oxygen atoms in total. The Labute approximate surface area is 135 Å². The minimum atomic E-state index is -0.409. The van der Waals surface area contributed by atoms with E-state index >= 15 is 0 Å². The molecule has 1 atom stereocenters. The molecule has 1 amide bonds. The van der Waals surface area contributed by atoms with Crippen LogP contribution in [0.2, 0.25) is 0 Å². The van der Waals surface area contributed by atoms with Crippen LogP contribution in [0.4, 0.5) is 4.79 Å². The minimum absolute atomic E-state index is 0.148. The number of hydrogen-bond donors (Lipinski definition) is 1. The fourth-order valence-corrected chi connectivity index (χ4v) is 2.91. The topological polar surface area (TPSA) is 60.5 Å². The number of aromatic nitrogens is 1. The van der Waals surface area contributed by atoms with E-state index in [0.29, 0.717) is 19.8 Å². The van der Waals surface area contributed by atoms with Crippen LogP contribution < -0.4 is 5.32 Å². The number of amides is 1. The Morgan fingerprint density at radius 2 is 2.17 bits per heavy atom. The van der Waals surface area contributed by atoms with Gasteiger partial charge in [-0.15, -0.1) is 0 Å². The lowest BCUT2D eigenvalue weighted by Crippen LogP contribution is -2.32. The molecular formula is C18H20N2O3. The van der Waals surface area contributed by atoms with Crippen molar-refractivity contribution in [3.8, 4) is 11.1 Å². The predicted molar refractivity (Wildman–Crippen MR) is 87.1 cm³/mol. The van der Waals surface area contributed by atoms with Crippen LogP contribution in [0.5, 0.6) is 0 Å². The third-order valence-corrected chi connectivity index (χ3v) is 3.93. The molecule has 0 saturated heterocycles. The number of alkyl carbamates (subject to hydrolysis) is 1. The van der Waals surface area contributed by atoms with Crippen LogP contribution in [-0.2, 0) is 15.9 Å². The van der Waals surface area contributed by atoms with Gasteiger partial charge < -0.3 is 14.8 Å². The standard InChI is InChI=1S/C18H20N2O3/c1-2-22-18(21)20-12-17-16-5-3-4-14(15(16)8-11-23-17)13-6-9-19-10-7-13/h3-7,9-10,17H,2,8,11-12H2,1H3,(H,20,21). The van der Waals surface area contributed by atoms with E-state index in [4.69, 9.17) is 9.47 Å². The summed E-state index contributed by atoms with van der Waals surface area (Å²) in [5, 5.41) is 2.76. The molecule has 2 heterocycles. The van der Waals surface area contributed by atoms with E-state index in [1.807, 2.05) is 18.2 Å². The van der Waals surface area contributed by atoms with Crippen molar-refractivity contribution >= 4 is 6.09 Å². The van der Waals surface area contributed by atoms with Gasteiger partial charge in [-0.1, -0.05) is 18.2 Å². The average molecular weight is 312 g/mol. The Hall–Kier alpha value is -2.40. The van der Waals surface area contributed by atoms with Gasteiger partial charge in [-0.25, -0.2) is 4.79 Å². The second-order valence-corrected chi connectivity index (χ2v) is 5.32. The largest absolute Gasteiger partial charge is 0.450 e. The maximum Gasteiger partial charge on any atom is 0.407 e. The number of ether oxygens (including phenoxy) is 2. The summed E-state index contributed by atoms with van der Waals surface area (Å²) in [6.07, 6.45) is 3.91. The summed E-state index contributed by atoms with van der Waals surface area (Å²) in [6, 6.07) is 10.2. The first-order chi connectivity index (χ1) is 11.3. The summed E-state index contributed by atoms with van der Waals surface area (Å²) in [5.74, 6) is 0. The summed E-state index contributed by atoms with van der Waals surface area (Å²) < 4.78 is 10.7. The van der Waals surface area contributed by atoms with E-state index in [0.717, 1.165) is 17.5 Å². The third-order valence-electron chi connectivity index (χ3n) is 3.93. The number of hydrogen-bond acceptors (Lipinski definition) is 4. The fourth-order valence-electron chi connectivity index (χ4n) is 2.91. The first-order valence-corrected chi connectivity index (χ1v) is 7.84. The molecule has 1 aromatic carbocycles. The molecule has 0 aliphatic carbocycles. The van der Waals surface area contributed by atoms with Crippen LogP contribution in [0.3, 0.4) is 0 Å². The number of fused-ring (bicyclic) bond motifs is 1. The molecule has 0 bridgehead atoms. The van der Waals surface area contributed by atoms with E-state index in [1.165, 1.54) is 11.1 Å². The molecule has 0 saturated carbocycles. The average Bonchev–Trinajstić information content (AvgIpc) is 2.60. The number of carbonyl (C=O) groups excluding carboxylic acids is 1. The zero-order chi connectivity index (χ0) is 16.1. The van der Waals surface area contributed by atoms with Crippen LogP contribution in [0, 0.1) is 0 Å². The van der Waals surface area contributed by atoms with Gasteiger partial charge in [-0.3, -0.25) is 4.98 Å². The molecule has 120 valence electrons. The minimum Gasteiger partial charge on any atom is -0.450 e. The third kappa shape index (κ3) is 3.51. The number of carbonyl (C=O) groups is 1. The van der Waals surface area contributed by atoms with Crippen LogP contribution in [0.15, 0.2) is 42.7 Å². The van der Waals surface area contributed by atoms with E-state index in [1.54, 1.807) is 19.3 Å². The van der Waals surface area contributed by atoms with E-state index < -0.39 is 6.09 Å². The smallest absolute Gasteiger partial charge is 0.407 e. The fraction of sp³-hybridized carbons (Fsp3) is 0.333. The van der Waals surface area contributed by atoms with Crippen molar-refractivity contribution in [2.24, 2.45) is 0 Å². The van der Waals surface area contributed by atoms with Crippen molar-refractivity contribution in [2.45, 2.75) is 19.4 Å². The van der Waals surface area contributed by atoms with Crippen molar-refractivity contribution in [2.75, 3.05) is 19.8 Å². The number of rotatable bonds is 4. The van der Waals surface area contributed by atoms with Gasteiger partial charge >= 0.3 is 6.09 Å². The number of nitrogens with zero attached hydrogens (tertiary/aromatic N) is 1. The lowest BCUT2D eigenvalue weighted by Gasteiger charge is -2.28. The van der Waals surface area contributed by atoms with Gasteiger partial charge in [0, 0.05) is 12.4 Å². The van der Waals surface area contributed by atoms with Gasteiger partial charge in [0.2, 0.25) is 0 Å². The normalized spacial score (nSPS) is 16.5. The van der Waals surface area contributed by atoms with E-state index in [2.05, 4.69) is 22.4 Å². The Balaban J connectivity index is 1.84. The Bertz CT molecular complexity index is 673. The Morgan fingerprint density at radius 1 is 1.35 bits per heavy atom. The van der Waals surface area contributed by atoms with Crippen molar-refractivity contribution in [1.82, 2.24) is 10.3 Å². The highest BCUT2D eigenvalue weighted by atomic mass is 16.5. The molecule has 3 rings (SSSR count). The van der Waals surface area contributed by atoms with Gasteiger partial charge in [-0.05, 0) is 47.7 Å². The quantitative estimate of drug-likeness (QED) is 0.942. The zero-order valence-electron chi connectivity index (χ0n) is 13.1. The first-order valence-electron chi connectivity index (χ1n) is 7.84. The summed E-state index contributed by atoms with van der Waals surface area (Å²) in [7, 11) is 0. The van der Waals surface area contributed by atoms with E-state index in [-0.39, 0.29) is 6.10 Å². The van der Waals surface area contributed by atoms with Crippen LogP contribution >= 0.6 is 0 Å². The van der Waals surface area contributed by atoms with Crippen molar-refractivity contribution < 1.29 is 14.3 Å². The summed E-state index contributed by atoms with van der Waals surface area (Å²) in [4.78, 5) is 15.6. The lowest BCUT2D eigenvalue weighted by molar-refractivity contribution is 0.0415. The SMILES string of the molecule is CCOC(=O)NCC1OCCc2c(-c3ccncc3)cccc21. The first kappa shape index (κ1) is 15.5. The maximum absolute atomic E-state index is 11.5. The molecule has 1 aliphatic rings. The zero-order valence-corrected chi connectivity index (χ0v) is 13.1. The molecule has 2 aromatic rings. The summed E-state index contributed by atoms with van der Waals surface area (Å²) in [6.45, 7) is 3.20. The molecule has 1 N–H and O–H groups in total. The van der Waals surface area contributed by atoms with Crippen LogP contribution in [-0.4, -0.2) is 30.8 Å². The molecule has 0 radical (unpaired) electrons. The second-order valence-electron chi connectivity index (χ2n) is 5.32. The maximum atomic E-state index is 11.5. The van der Waals surface area contributed by atoms with Gasteiger partial charge in [0.15, 0.2) is 0 Å². The van der Waals surface area contributed by atoms with Gasteiger partial charge in [0.05, 0.1) is 19.8 Å². The van der Waals surface area contributed by atoms with Crippen LogP contribution in [0.1, 0.15) is 24.2 Å². The molecule has 5 heteroatoms. The van der Waals surface area contributed by atoms with Gasteiger partial charge in [-0.2, -0.15) is 0 Å². The van der Waals surface area contributed by atoms with Crippen molar-refractivity contribution in [3.63, 3.8) is 0 Å². The molecule has 23 heavy (non-hydrogen) atoms. The monoisotopic (exact) mass is 312 g/mol. The predicted octanol–water partition coefficient (Wildman–Crippen LogP) is 3.11.